The molecule has 2 aromatic carbocycles. The summed E-state index contributed by atoms with van der Waals surface area (Å²) in [4.78, 5) is 14.5. The van der Waals surface area contributed by atoms with Gasteiger partial charge >= 0.3 is 6.03 Å². The molecule has 2 amide bonds. The van der Waals surface area contributed by atoms with Gasteiger partial charge in [-0.3, -0.25) is 4.90 Å². The number of para-hydroxylation sites is 2. The molecule has 0 unspecified atom stereocenters. The average Bonchev–Trinajstić information content (AvgIpc) is 2.71. The van der Waals surface area contributed by atoms with Crippen molar-refractivity contribution in [3.05, 3.63) is 60.2 Å². The number of ether oxygens (including phenoxy) is 2. The summed E-state index contributed by atoms with van der Waals surface area (Å²) in [5.74, 6) is 1.25. The van der Waals surface area contributed by atoms with Crippen molar-refractivity contribution in [2.45, 2.75) is 25.4 Å². The zero-order valence-corrected chi connectivity index (χ0v) is 15.7. The predicted molar refractivity (Wildman–Crippen MR) is 105 cm³/mol. The molecule has 0 radical (unpaired) electrons. The fraction of sp³-hybridized carbons (Fsp3) is 0.381. The Labute approximate surface area is 160 Å². The minimum absolute atomic E-state index is 0.0963. The number of methoxy groups -OCH3 is 1. The Morgan fingerprint density at radius 3 is 2.41 bits per heavy atom. The van der Waals surface area contributed by atoms with E-state index in [2.05, 4.69) is 39.8 Å². The summed E-state index contributed by atoms with van der Waals surface area (Å²) in [6.45, 7) is 3.03. The number of hydrogen-bond donors (Lipinski definition) is 2. The van der Waals surface area contributed by atoms with Gasteiger partial charge in [0.05, 0.1) is 7.11 Å². The van der Waals surface area contributed by atoms with Gasteiger partial charge in [-0.2, -0.15) is 0 Å². The summed E-state index contributed by atoms with van der Waals surface area (Å²) in [5, 5.41) is 5.77. The van der Waals surface area contributed by atoms with E-state index in [9.17, 15) is 4.79 Å². The van der Waals surface area contributed by atoms with E-state index in [-0.39, 0.29) is 18.8 Å². The van der Waals surface area contributed by atoms with Crippen molar-refractivity contribution in [3.8, 4) is 11.5 Å². The largest absolute Gasteiger partial charge is 0.493 e. The highest BCUT2D eigenvalue weighted by Crippen LogP contribution is 2.25. The maximum absolute atomic E-state index is 12.1. The molecule has 3 rings (SSSR count). The fourth-order valence-corrected chi connectivity index (χ4v) is 3.23. The van der Waals surface area contributed by atoms with E-state index < -0.39 is 0 Å². The van der Waals surface area contributed by atoms with Crippen molar-refractivity contribution in [2.24, 2.45) is 0 Å². The van der Waals surface area contributed by atoms with Crippen molar-refractivity contribution < 1.29 is 14.3 Å². The Balaban J connectivity index is 1.34. The van der Waals surface area contributed by atoms with E-state index in [1.807, 2.05) is 24.3 Å². The molecule has 2 N–H and O–H groups in total. The molecule has 0 spiro atoms. The molecular weight excluding hydrogens is 342 g/mol. The zero-order chi connectivity index (χ0) is 18.9. The van der Waals surface area contributed by atoms with Crippen LogP contribution in [0, 0.1) is 0 Å². The van der Waals surface area contributed by atoms with Gasteiger partial charge in [0, 0.05) is 25.7 Å². The molecule has 1 fully saturated rings. The van der Waals surface area contributed by atoms with E-state index in [0.29, 0.717) is 11.5 Å². The van der Waals surface area contributed by atoms with Crippen LogP contribution in [0.4, 0.5) is 4.79 Å². The molecule has 1 aliphatic heterocycles. The van der Waals surface area contributed by atoms with Gasteiger partial charge in [0.15, 0.2) is 18.2 Å². The Bertz CT molecular complexity index is 716. The van der Waals surface area contributed by atoms with Crippen LogP contribution in [0.25, 0.3) is 0 Å². The van der Waals surface area contributed by atoms with E-state index >= 15 is 0 Å². The average molecular weight is 369 g/mol. The number of rotatable bonds is 7. The second-order valence-electron chi connectivity index (χ2n) is 6.63. The van der Waals surface area contributed by atoms with Crippen LogP contribution in [0.1, 0.15) is 18.4 Å². The Morgan fingerprint density at radius 1 is 1.04 bits per heavy atom. The maximum atomic E-state index is 12.1. The van der Waals surface area contributed by atoms with Crippen molar-refractivity contribution in [1.82, 2.24) is 15.5 Å². The number of amides is 2. The second kappa shape index (κ2) is 9.83. The number of likely N-dealkylation sites (tertiary alicyclic amines) is 1. The minimum atomic E-state index is -0.202. The number of carbonyl (C=O) groups excluding carboxylic acids is 1. The fourth-order valence-electron chi connectivity index (χ4n) is 3.23. The first-order valence-corrected chi connectivity index (χ1v) is 9.31. The highest BCUT2D eigenvalue weighted by atomic mass is 16.5. The number of hydrogen-bond acceptors (Lipinski definition) is 4. The highest BCUT2D eigenvalue weighted by molar-refractivity contribution is 5.74. The summed E-state index contributed by atoms with van der Waals surface area (Å²) in [6.07, 6.45) is 1.90. The Morgan fingerprint density at radius 2 is 1.70 bits per heavy atom. The number of carbonyl (C=O) groups is 1. The molecule has 1 heterocycles. The van der Waals surface area contributed by atoms with Gasteiger partial charge in [0.2, 0.25) is 0 Å². The van der Waals surface area contributed by atoms with Crippen molar-refractivity contribution >= 4 is 6.03 Å². The third-order valence-electron chi connectivity index (χ3n) is 4.70. The maximum Gasteiger partial charge on any atom is 0.317 e. The quantitative estimate of drug-likeness (QED) is 0.737. The lowest BCUT2D eigenvalue weighted by Gasteiger charge is -2.32. The van der Waals surface area contributed by atoms with Crippen molar-refractivity contribution in [3.63, 3.8) is 0 Å². The van der Waals surface area contributed by atoms with Crippen LogP contribution in [0.2, 0.25) is 0 Å². The van der Waals surface area contributed by atoms with E-state index in [1.165, 1.54) is 5.56 Å². The standard InChI is InChI=1S/C21H27N3O3/c1-26-19-9-5-6-10-20(19)27-16-22-21(25)23-18-11-13-24(14-12-18)15-17-7-3-2-4-8-17/h2-10,18H,11-16H2,1H3,(H2,22,23,25). The van der Waals surface area contributed by atoms with E-state index in [1.54, 1.807) is 13.2 Å². The number of piperidine rings is 1. The molecule has 0 saturated carbocycles. The zero-order valence-electron chi connectivity index (χ0n) is 15.7. The SMILES string of the molecule is COc1ccccc1OCNC(=O)NC1CCN(Cc2ccccc2)CC1. The molecule has 0 aliphatic carbocycles. The van der Waals surface area contributed by atoms with Crippen LogP contribution >= 0.6 is 0 Å². The van der Waals surface area contributed by atoms with Crippen LogP contribution in [-0.4, -0.2) is 43.9 Å². The van der Waals surface area contributed by atoms with Gasteiger partial charge in [0.1, 0.15) is 0 Å². The van der Waals surface area contributed by atoms with E-state index in [0.717, 1.165) is 32.5 Å². The molecule has 0 atom stereocenters. The first-order chi connectivity index (χ1) is 13.2. The van der Waals surface area contributed by atoms with Crippen LogP contribution < -0.4 is 20.1 Å². The molecular formula is C21H27N3O3. The van der Waals surface area contributed by atoms with Crippen LogP contribution in [-0.2, 0) is 6.54 Å². The lowest BCUT2D eigenvalue weighted by Crippen LogP contribution is -2.48. The number of benzene rings is 2. The molecule has 0 aromatic heterocycles. The first-order valence-electron chi connectivity index (χ1n) is 9.31. The summed E-state index contributed by atoms with van der Waals surface area (Å²) in [7, 11) is 1.59. The monoisotopic (exact) mass is 369 g/mol. The van der Waals surface area contributed by atoms with E-state index in [4.69, 9.17) is 9.47 Å². The highest BCUT2D eigenvalue weighted by Gasteiger charge is 2.20. The van der Waals surface area contributed by atoms with Gasteiger partial charge in [-0.05, 0) is 30.5 Å². The van der Waals surface area contributed by atoms with Gasteiger partial charge in [0.25, 0.3) is 0 Å². The number of urea groups is 1. The Kier molecular flexibility index (Phi) is 6.93. The van der Waals surface area contributed by atoms with Gasteiger partial charge in [-0.15, -0.1) is 0 Å². The molecule has 1 saturated heterocycles. The van der Waals surface area contributed by atoms with Gasteiger partial charge < -0.3 is 20.1 Å². The third-order valence-corrected chi connectivity index (χ3v) is 4.70. The summed E-state index contributed by atoms with van der Waals surface area (Å²) < 4.78 is 10.8. The number of nitrogens with zero attached hydrogens (tertiary/aromatic N) is 1. The molecule has 1 aliphatic rings. The Hall–Kier alpha value is -2.73. The summed E-state index contributed by atoms with van der Waals surface area (Å²) >= 11 is 0. The lowest BCUT2D eigenvalue weighted by molar-refractivity contribution is 0.182. The van der Waals surface area contributed by atoms with Crippen LogP contribution in [0.15, 0.2) is 54.6 Å². The normalized spacial score (nSPS) is 15.1. The minimum Gasteiger partial charge on any atom is -0.493 e. The molecule has 0 bridgehead atoms. The van der Waals surface area contributed by atoms with Crippen molar-refractivity contribution in [1.29, 1.82) is 0 Å². The third kappa shape index (κ3) is 5.89. The number of nitrogens with one attached hydrogen (secondary N) is 2. The van der Waals surface area contributed by atoms with Crippen LogP contribution in [0.5, 0.6) is 11.5 Å². The molecule has 6 heteroatoms. The molecule has 27 heavy (non-hydrogen) atoms. The summed E-state index contributed by atoms with van der Waals surface area (Å²) in [5.41, 5.74) is 1.33. The molecule has 144 valence electrons. The topological polar surface area (TPSA) is 62.8 Å². The first kappa shape index (κ1) is 19.0. The second-order valence-corrected chi connectivity index (χ2v) is 6.63. The molecule has 2 aromatic rings. The van der Waals surface area contributed by atoms with Crippen molar-refractivity contribution in [2.75, 3.05) is 26.9 Å². The van der Waals surface area contributed by atoms with Gasteiger partial charge in [-0.1, -0.05) is 42.5 Å². The summed E-state index contributed by atoms with van der Waals surface area (Å²) in [6, 6.07) is 17.8. The smallest absolute Gasteiger partial charge is 0.317 e. The molecule has 6 nitrogen and oxygen atoms in total. The predicted octanol–water partition coefficient (Wildman–Crippen LogP) is 3.00. The van der Waals surface area contributed by atoms with Gasteiger partial charge in [-0.25, -0.2) is 4.79 Å². The van der Waals surface area contributed by atoms with Crippen LogP contribution in [0.3, 0.4) is 0 Å². The lowest BCUT2D eigenvalue weighted by atomic mass is 10.0.